The molecule has 3 aromatic heterocycles. The Morgan fingerprint density at radius 2 is 1.92 bits per heavy atom. The molecule has 0 bridgehead atoms. The van der Waals surface area contributed by atoms with Gasteiger partial charge in [0.2, 0.25) is 5.69 Å². The highest BCUT2D eigenvalue weighted by Gasteiger charge is 2.21. The lowest BCUT2D eigenvalue weighted by Gasteiger charge is -2.08. The molecule has 0 aliphatic heterocycles. The molecule has 116 valence electrons. The highest BCUT2D eigenvalue weighted by Crippen LogP contribution is 2.36. The molecular formula is C20H15N2S2+. The molecule has 0 spiro atoms. The van der Waals surface area contributed by atoms with Crippen molar-refractivity contribution in [1.82, 2.24) is 4.98 Å². The predicted molar refractivity (Wildman–Crippen MR) is 104 cm³/mol. The molecule has 24 heavy (non-hydrogen) atoms. The van der Waals surface area contributed by atoms with Crippen molar-refractivity contribution in [1.29, 1.82) is 0 Å². The first-order valence-corrected chi connectivity index (χ1v) is 9.57. The van der Waals surface area contributed by atoms with Gasteiger partial charge in [-0.25, -0.2) is 4.98 Å². The first-order valence-electron chi connectivity index (χ1n) is 7.87. The molecule has 0 aliphatic carbocycles. The quantitative estimate of drug-likeness (QED) is 0.368. The molecule has 0 saturated heterocycles. The summed E-state index contributed by atoms with van der Waals surface area (Å²) in [5.41, 5.74) is 4.85. The summed E-state index contributed by atoms with van der Waals surface area (Å²) in [7, 11) is 2.15. The Bertz CT molecular complexity index is 1230. The number of hydrogen-bond acceptors (Lipinski definition) is 3. The summed E-state index contributed by atoms with van der Waals surface area (Å²) < 4.78 is 4.91. The van der Waals surface area contributed by atoms with Crippen LogP contribution in [0.5, 0.6) is 0 Å². The summed E-state index contributed by atoms with van der Waals surface area (Å²) >= 11 is 3.60. The topological polar surface area (TPSA) is 16.8 Å². The van der Waals surface area contributed by atoms with Crippen LogP contribution in [0.4, 0.5) is 0 Å². The summed E-state index contributed by atoms with van der Waals surface area (Å²) in [5.74, 6) is 0. The molecule has 2 aromatic carbocycles. The monoisotopic (exact) mass is 347 g/mol. The fourth-order valence-corrected chi connectivity index (χ4v) is 5.64. The van der Waals surface area contributed by atoms with E-state index in [0.29, 0.717) is 0 Å². The van der Waals surface area contributed by atoms with Crippen molar-refractivity contribution in [2.45, 2.75) is 6.92 Å². The van der Waals surface area contributed by atoms with E-state index in [1.54, 1.807) is 11.3 Å². The molecule has 0 atom stereocenters. The fraction of sp³-hybridized carbons (Fsp3) is 0.100. The van der Waals surface area contributed by atoms with Crippen molar-refractivity contribution in [2.75, 3.05) is 0 Å². The number of fused-ring (bicyclic) bond motifs is 4. The van der Waals surface area contributed by atoms with Gasteiger partial charge in [-0.05, 0) is 40.8 Å². The molecule has 0 radical (unpaired) electrons. The van der Waals surface area contributed by atoms with Crippen LogP contribution in [0.3, 0.4) is 0 Å². The third-order valence-corrected chi connectivity index (χ3v) is 6.98. The highest BCUT2D eigenvalue weighted by atomic mass is 32.1. The van der Waals surface area contributed by atoms with Crippen LogP contribution in [0.15, 0.2) is 54.0 Å². The zero-order valence-corrected chi connectivity index (χ0v) is 15.0. The fourth-order valence-electron chi connectivity index (χ4n) is 3.42. The van der Waals surface area contributed by atoms with Crippen molar-refractivity contribution in [3.05, 3.63) is 59.6 Å². The minimum absolute atomic E-state index is 1.12. The Labute approximate surface area is 147 Å². The van der Waals surface area contributed by atoms with Crippen molar-refractivity contribution in [2.24, 2.45) is 7.05 Å². The van der Waals surface area contributed by atoms with Crippen LogP contribution in [0, 0.1) is 6.92 Å². The van der Waals surface area contributed by atoms with E-state index in [0.717, 1.165) is 5.52 Å². The van der Waals surface area contributed by atoms with Gasteiger partial charge in [0.15, 0.2) is 5.52 Å². The van der Waals surface area contributed by atoms with Crippen molar-refractivity contribution in [3.63, 3.8) is 0 Å². The third kappa shape index (κ3) is 1.87. The molecule has 3 heterocycles. The smallest absolute Gasteiger partial charge is 0.240 e. The lowest BCUT2D eigenvalue weighted by Crippen LogP contribution is -2.31. The Balaban J connectivity index is 1.82. The van der Waals surface area contributed by atoms with Gasteiger partial charge in [0.1, 0.15) is 13.2 Å². The van der Waals surface area contributed by atoms with Gasteiger partial charge in [-0.15, -0.1) is 11.3 Å². The number of nitrogens with zero attached hydrogens (tertiary/aromatic N) is 2. The lowest BCUT2D eigenvalue weighted by atomic mass is 9.98. The van der Waals surface area contributed by atoms with Gasteiger partial charge in [0, 0.05) is 0 Å². The van der Waals surface area contributed by atoms with Crippen LogP contribution in [-0.2, 0) is 7.05 Å². The van der Waals surface area contributed by atoms with Crippen LogP contribution in [0.25, 0.3) is 41.8 Å². The molecule has 4 heteroatoms. The summed E-state index contributed by atoms with van der Waals surface area (Å²) in [4.78, 5) is 6.04. The second kappa shape index (κ2) is 5.10. The Kier molecular flexibility index (Phi) is 2.99. The summed E-state index contributed by atoms with van der Waals surface area (Å²) in [5, 5.41) is 4.73. The maximum atomic E-state index is 4.80. The van der Waals surface area contributed by atoms with Gasteiger partial charge < -0.3 is 0 Å². The first-order chi connectivity index (χ1) is 11.7. The van der Waals surface area contributed by atoms with Crippen LogP contribution in [0.2, 0.25) is 0 Å². The van der Waals surface area contributed by atoms with Crippen molar-refractivity contribution < 1.29 is 4.57 Å². The van der Waals surface area contributed by atoms with Gasteiger partial charge in [0.25, 0.3) is 4.83 Å². The Morgan fingerprint density at radius 3 is 2.83 bits per heavy atom. The minimum atomic E-state index is 1.12. The molecule has 0 saturated carbocycles. The van der Waals surface area contributed by atoms with E-state index >= 15 is 0 Å². The zero-order chi connectivity index (χ0) is 16.3. The van der Waals surface area contributed by atoms with E-state index in [4.69, 9.17) is 4.98 Å². The predicted octanol–water partition coefficient (Wildman–Crippen LogP) is 5.46. The van der Waals surface area contributed by atoms with Crippen molar-refractivity contribution in [3.8, 4) is 11.3 Å². The SMILES string of the molecule is Cc1c(-c2cnc3c4sccc4sc3[n+]2C)ccc2ccccc12. The lowest BCUT2D eigenvalue weighted by molar-refractivity contribution is -0.631. The first kappa shape index (κ1) is 14.1. The standard InChI is InChI=1S/C20H15N2S2/c1-12-14-6-4-3-5-13(14)7-8-15(12)16-11-21-18-19-17(9-10-23-19)24-20(18)22(16)2/h3-11H,1-2H3/q+1. The number of thiophene rings is 2. The van der Waals surface area contributed by atoms with E-state index in [1.165, 1.54) is 41.8 Å². The highest BCUT2D eigenvalue weighted by molar-refractivity contribution is 7.31. The van der Waals surface area contributed by atoms with Gasteiger partial charge >= 0.3 is 0 Å². The Hall–Kier alpha value is -2.30. The minimum Gasteiger partial charge on any atom is -0.240 e. The molecule has 0 N–H and O–H groups in total. The van der Waals surface area contributed by atoms with E-state index < -0.39 is 0 Å². The van der Waals surface area contributed by atoms with E-state index in [-0.39, 0.29) is 0 Å². The second-order valence-corrected chi connectivity index (χ2v) is 7.98. The average Bonchev–Trinajstić information content (AvgIpc) is 3.18. The normalized spacial score (nSPS) is 11.8. The third-order valence-electron chi connectivity index (χ3n) is 4.71. The van der Waals surface area contributed by atoms with Crippen LogP contribution < -0.4 is 4.57 Å². The van der Waals surface area contributed by atoms with Gasteiger partial charge in [-0.1, -0.05) is 41.7 Å². The molecule has 5 aromatic rings. The number of aryl methyl sites for hydroxylation is 2. The van der Waals surface area contributed by atoms with E-state index in [9.17, 15) is 0 Å². The van der Waals surface area contributed by atoms with Gasteiger partial charge in [-0.2, -0.15) is 4.57 Å². The number of benzene rings is 2. The molecule has 2 nitrogen and oxygen atoms in total. The van der Waals surface area contributed by atoms with Crippen LogP contribution in [0.1, 0.15) is 5.56 Å². The maximum Gasteiger partial charge on any atom is 0.289 e. The molecule has 5 rings (SSSR count). The van der Waals surface area contributed by atoms with E-state index in [2.05, 4.69) is 66.4 Å². The largest absolute Gasteiger partial charge is 0.289 e. The maximum absolute atomic E-state index is 4.80. The van der Waals surface area contributed by atoms with Gasteiger partial charge in [0.05, 0.1) is 15.0 Å². The molecular weight excluding hydrogens is 332 g/mol. The molecule has 0 fully saturated rings. The molecule has 0 unspecified atom stereocenters. The summed E-state index contributed by atoms with van der Waals surface area (Å²) in [6.45, 7) is 2.20. The van der Waals surface area contributed by atoms with Crippen LogP contribution >= 0.6 is 22.7 Å². The van der Waals surface area contributed by atoms with E-state index in [1.807, 2.05) is 17.5 Å². The zero-order valence-electron chi connectivity index (χ0n) is 13.4. The second-order valence-electron chi connectivity index (χ2n) is 6.03. The summed E-state index contributed by atoms with van der Waals surface area (Å²) in [6, 6.07) is 15.2. The average molecular weight is 347 g/mol. The van der Waals surface area contributed by atoms with Gasteiger partial charge in [-0.3, -0.25) is 0 Å². The molecule has 0 aliphatic rings. The molecule has 0 amide bonds. The van der Waals surface area contributed by atoms with Crippen molar-refractivity contribution >= 4 is 53.2 Å². The Morgan fingerprint density at radius 1 is 1.04 bits per heavy atom. The number of aromatic nitrogens is 2. The van der Waals surface area contributed by atoms with Crippen LogP contribution in [-0.4, -0.2) is 4.98 Å². The number of rotatable bonds is 1. The summed E-state index contributed by atoms with van der Waals surface area (Å²) in [6.07, 6.45) is 2.02. The number of hydrogen-bond donors (Lipinski definition) is 0.